The Kier molecular flexibility index (Phi) is 11.4. The highest BCUT2D eigenvalue weighted by Crippen LogP contribution is 2.16. The summed E-state index contributed by atoms with van der Waals surface area (Å²) < 4.78 is 11.8. The summed E-state index contributed by atoms with van der Waals surface area (Å²) in [5.74, 6) is 1.72. The molecule has 4 aromatic rings. The number of hydrogen-bond donors (Lipinski definition) is 4. The molecule has 0 spiro atoms. The Morgan fingerprint density at radius 1 is 0.487 bits per heavy atom. The zero-order chi connectivity index (χ0) is 27.1. The van der Waals surface area contributed by atoms with Gasteiger partial charge in [0.25, 0.3) is 0 Å². The second-order valence-corrected chi connectivity index (χ2v) is 9.62. The highest BCUT2D eigenvalue weighted by Gasteiger charge is 2.01. The predicted octanol–water partition coefficient (Wildman–Crippen LogP) is 5.03. The van der Waals surface area contributed by atoms with Gasteiger partial charge in [0.15, 0.2) is 0 Å². The van der Waals surface area contributed by atoms with Crippen molar-refractivity contribution in [2.24, 2.45) is 11.5 Å². The van der Waals surface area contributed by atoms with E-state index in [0.29, 0.717) is 26.3 Å². The molecule has 39 heavy (non-hydrogen) atoms. The molecule has 0 aliphatic heterocycles. The quantitative estimate of drug-likeness (QED) is 0.154. The van der Waals surface area contributed by atoms with Crippen molar-refractivity contribution in [1.82, 2.24) is 10.6 Å². The van der Waals surface area contributed by atoms with Gasteiger partial charge < -0.3 is 31.6 Å². The minimum Gasteiger partial charge on any atom is -0.489 e. The minimum absolute atomic E-state index is 0.544. The second kappa shape index (κ2) is 15.7. The molecular weight excluding hydrogens is 484 g/mol. The van der Waals surface area contributed by atoms with Crippen molar-refractivity contribution in [2.75, 3.05) is 13.1 Å². The first-order chi connectivity index (χ1) is 19.2. The summed E-state index contributed by atoms with van der Waals surface area (Å²) >= 11 is 0. The van der Waals surface area contributed by atoms with Crippen molar-refractivity contribution in [3.05, 3.63) is 130 Å². The Balaban J connectivity index is 1.09. The first-order valence-corrected chi connectivity index (χ1v) is 13.6. The molecule has 0 atom stereocenters. The van der Waals surface area contributed by atoms with Gasteiger partial charge in [-0.25, -0.2) is 0 Å². The summed E-state index contributed by atoms with van der Waals surface area (Å²) in [6, 6.07) is 33.0. The lowest BCUT2D eigenvalue weighted by Crippen LogP contribution is -2.21. The summed E-state index contributed by atoms with van der Waals surface area (Å²) in [6.45, 7) is 5.79. The van der Waals surface area contributed by atoms with Gasteiger partial charge in [0.05, 0.1) is 0 Å². The molecule has 6 N–H and O–H groups in total. The van der Waals surface area contributed by atoms with E-state index in [-0.39, 0.29) is 0 Å². The molecule has 204 valence electrons. The highest BCUT2D eigenvalue weighted by atomic mass is 16.5. The largest absolute Gasteiger partial charge is 0.489 e. The van der Waals surface area contributed by atoms with Crippen molar-refractivity contribution >= 4 is 0 Å². The van der Waals surface area contributed by atoms with E-state index in [9.17, 15) is 0 Å². The summed E-state index contributed by atoms with van der Waals surface area (Å²) in [7, 11) is 0. The number of nitrogens with one attached hydrogen (secondary N) is 2. The second-order valence-electron chi connectivity index (χ2n) is 9.62. The third-order valence-electron chi connectivity index (χ3n) is 6.48. The summed E-state index contributed by atoms with van der Waals surface area (Å²) in [6.07, 6.45) is 1.06. The van der Waals surface area contributed by atoms with Gasteiger partial charge in [-0.3, -0.25) is 0 Å². The lowest BCUT2D eigenvalue weighted by atomic mass is 10.1. The first kappa shape index (κ1) is 28.3. The maximum atomic E-state index is 5.92. The van der Waals surface area contributed by atoms with E-state index in [4.69, 9.17) is 20.9 Å². The molecule has 0 radical (unpaired) electrons. The van der Waals surface area contributed by atoms with Crippen LogP contribution >= 0.6 is 0 Å². The molecule has 0 aromatic heterocycles. The van der Waals surface area contributed by atoms with Crippen LogP contribution in [0.4, 0.5) is 0 Å². The Morgan fingerprint density at radius 2 is 0.897 bits per heavy atom. The SMILES string of the molecule is NCc1ccc(OCc2cccc(CNCCCNCc3cccc(COc4ccc(CN)cc4)c3)c2)cc1. The lowest BCUT2D eigenvalue weighted by molar-refractivity contribution is 0.306. The molecule has 0 unspecified atom stereocenters. The van der Waals surface area contributed by atoms with Crippen LogP contribution in [-0.4, -0.2) is 13.1 Å². The van der Waals surface area contributed by atoms with E-state index in [1.165, 1.54) is 11.1 Å². The van der Waals surface area contributed by atoms with E-state index in [1.54, 1.807) is 0 Å². The first-order valence-electron chi connectivity index (χ1n) is 13.6. The third-order valence-corrected chi connectivity index (χ3v) is 6.48. The van der Waals surface area contributed by atoms with E-state index in [0.717, 1.165) is 66.4 Å². The van der Waals surface area contributed by atoms with Crippen molar-refractivity contribution in [3.63, 3.8) is 0 Å². The summed E-state index contributed by atoms with van der Waals surface area (Å²) in [5.41, 5.74) is 18.4. The Labute approximate surface area is 232 Å². The van der Waals surface area contributed by atoms with Crippen molar-refractivity contribution in [2.45, 2.75) is 45.8 Å². The molecule has 0 saturated heterocycles. The number of benzene rings is 4. The van der Waals surface area contributed by atoms with Gasteiger partial charge >= 0.3 is 0 Å². The van der Waals surface area contributed by atoms with Gasteiger partial charge in [0.1, 0.15) is 24.7 Å². The van der Waals surface area contributed by atoms with Crippen LogP contribution in [0.15, 0.2) is 97.1 Å². The van der Waals surface area contributed by atoms with Gasteiger partial charge in [-0.05, 0) is 77.2 Å². The van der Waals surface area contributed by atoms with Crippen LogP contribution < -0.4 is 31.6 Å². The van der Waals surface area contributed by atoms with Gasteiger partial charge in [-0.2, -0.15) is 0 Å². The standard InChI is InChI=1S/C33H40N4O2/c34-20-26-8-12-32(13-9-26)38-24-30-6-1-4-28(18-30)22-36-16-3-17-37-23-29-5-2-7-31(19-29)25-39-33-14-10-27(21-35)11-15-33/h1-2,4-15,18-19,36-37H,3,16-17,20-25,34-35H2. The normalized spacial score (nSPS) is 10.9. The van der Waals surface area contributed by atoms with Gasteiger partial charge in [0, 0.05) is 26.2 Å². The molecule has 0 aliphatic rings. The summed E-state index contributed by atoms with van der Waals surface area (Å²) in [4.78, 5) is 0. The number of hydrogen-bond acceptors (Lipinski definition) is 6. The molecule has 0 aliphatic carbocycles. The molecule has 4 rings (SSSR count). The molecule has 6 nitrogen and oxygen atoms in total. The van der Waals surface area contributed by atoms with Gasteiger partial charge in [0.2, 0.25) is 0 Å². The van der Waals surface area contributed by atoms with Crippen LogP contribution in [0.1, 0.15) is 39.8 Å². The average molecular weight is 525 g/mol. The van der Waals surface area contributed by atoms with Crippen LogP contribution in [0.25, 0.3) is 0 Å². The maximum Gasteiger partial charge on any atom is 0.119 e. The highest BCUT2D eigenvalue weighted by molar-refractivity contribution is 5.30. The minimum atomic E-state index is 0.544. The molecule has 0 saturated carbocycles. The zero-order valence-electron chi connectivity index (χ0n) is 22.6. The molecule has 0 bridgehead atoms. The van der Waals surface area contributed by atoms with Crippen molar-refractivity contribution in [3.8, 4) is 11.5 Å². The predicted molar refractivity (Wildman–Crippen MR) is 158 cm³/mol. The third kappa shape index (κ3) is 9.85. The summed E-state index contributed by atoms with van der Waals surface area (Å²) in [5, 5.41) is 7.09. The van der Waals surface area contributed by atoms with E-state index >= 15 is 0 Å². The number of ether oxygens (including phenoxy) is 2. The molecule has 0 amide bonds. The van der Waals surface area contributed by atoms with E-state index in [2.05, 4.69) is 59.2 Å². The maximum absolute atomic E-state index is 5.92. The topological polar surface area (TPSA) is 94.6 Å². The van der Waals surface area contributed by atoms with Gasteiger partial charge in [-0.1, -0.05) is 72.8 Å². The lowest BCUT2D eigenvalue weighted by Gasteiger charge is -2.10. The zero-order valence-corrected chi connectivity index (χ0v) is 22.6. The fourth-order valence-corrected chi connectivity index (χ4v) is 4.24. The monoisotopic (exact) mass is 524 g/mol. The van der Waals surface area contributed by atoms with Crippen LogP contribution in [0.2, 0.25) is 0 Å². The molecular formula is C33H40N4O2. The Hall–Kier alpha value is -3.68. The fourth-order valence-electron chi connectivity index (χ4n) is 4.24. The molecule has 0 heterocycles. The van der Waals surface area contributed by atoms with Crippen molar-refractivity contribution < 1.29 is 9.47 Å². The van der Waals surface area contributed by atoms with Crippen LogP contribution in [-0.2, 0) is 39.4 Å². The fraction of sp³-hybridized carbons (Fsp3) is 0.273. The Bertz CT molecular complexity index is 1160. The van der Waals surface area contributed by atoms with E-state index in [1.807, 2.05) is 48.5 Å². The van der Waals surface area contributed by atoms with Crippen molar-refractivity contribution in [1.29, 1.82) is 0 Å². The smallest absolute Gasteiger partial charge is 0.119 e. The van der Waals surface area contributed by atoms with Gasteiger partial charge in [-0.15, -0.1) is 0 Å². The van der Waals surface area contributed by atoms with E-state index < -0.39 is 0 Å². The molecule has 6 heteroatoms. The number of rotatable bonds is 16. The molecule has 4 aromatic carbocycles. The average Bonchev–Trinajstić information content (AvgIpc) is 2.99. The van der Waals surface area contributed by atoms with Crippen LogP contribution in [0.3, 0.4) is 0 Å². The molecule has 0 fully saturated rings. The van der Waals surface area contributed by atoms with Crippen LogP contribution in [0, 0.1) is 0 Å². The number of nitrogens with two attached hydrogens (primary N) is 2. The van der Waals surface area contributed by atoms with Crippen LogP contribution in [0.5, 0.6) is 11.5 Å². The Morgan fingerprint density at radius 3 is 1.31 bits per heavy atom.